The molecular weight excluding hydrogens is 140 g/mol. The monoisotopic (exact) mass is 154 g/mol. The van der Waals surface area contributed by atoms with Crippen LogP contribution in [0.4, 0.5) is 0 Å². The van der Waals surface area contributed by atoms with Crippen molar-refractivity contribution in [1.29, 1.82) is 0 Å². The first-order chi connectivity index (χ1) is 5.34. The maximum atomic E-state index is 5.47. The van der Waals surface area contributed by atoms with Gasteiger partial charge in [-0.1, -0.05) is 0 Å². The Labute approximate surface area is 66.9 Å². The standard InChI is InChI=1S/C9H14O2/c1-5-9(10-5)6-2-3-7-8(4-6)11-7/h5-9H,2-4H2,1H3. The summed E-state index contributed by atoms with van der Waals surface area (Å²) >= 11 is 0. The predicted octanol–water partition coefficient (Wildman–Crippen LogP) is 1.34. The molecule has 2 heteroatoms. The van der Waals surface area contributed by atoms with Crippen molar-refractivity contribution in [3.05, 3.63) is 0 Å². The molecule has 5 atom stereocenters. The van der Waals surface area contributed by atoms with Crippen LogP contribution in [0.5, 0.6) is 0 Å². The number of ether oxygens (including phenoxy) is 2. The van der Waals surface area contributed by atoms with E-state index in [2.05, 4.69) is 6.92 Å². The van der Waals surface area contributed by atoms with Crippen LogP contribution in [0.2, 0.25) is 0 Å². The van der Waals surface area contributed by atoms with Gasteiger partial charge in [-0.15, -0.1) is 0 Å². The Morgan fingerprint density at radius 3 is 2.55 bits per heavy atom. The Kier molecular flexibility index (Phi) is 1.16. The molecule has 3 aliphatic rings. The van der Waals surface area contributed by atoms with Crippen LogP contribution < -0.4 is 0 Å². The summed E-state index contributed by atoms with van der Waals surface area (Å²) in [5.41, 5.74) is 0. The van der Waals surface area contributed by atoms with Crippen molar-refractivity contribution in [1.82, 2.24) is 0 Å². The van der Waals surface area contributed by atoms with Gasteiger partial charge >= 0.3 is 0 Å². The van der Waals surface area contributed by atoms with E-state index in [1.54, 1.807) is 0 Å². The average molecular weight is 154 g/mol. The lowest BCUT2D eigenvalue weighted by atomic mass is 9.86. The second-order valence-corrected chi connectivity index (χ2v) is 4.09. The fraction of sp³-hybridized carbons (Fsp3) is 1.00. The summed E-state index contributed by atoms with van der Waals surface area (Å²) in [4.78, 5) is 0. The number of fused-ring (bicyclic) bond motifs is 1. The number of hydrogen-bond acceptors (Lipinski definition) is 2. The number of hydrogen-bond donors (Lipinski definition) is 0. The Morgan fingerprint density at radius 1 is 1.09 bits per heavy atom. The summed E-state index contributed by atoms with van der Waals surface area (Å²) in [7, 11) is 0. The zero-order chi connectivity index (χ0) is 7.42. The molecule has 0 aromatic rings. The second kappa shape index (κ2) is 1.99. The molecule has 0 N–H and O–H groups in total. The minimum Gasteiger partial charge on any atom is -0.370 e. The first-order valence-corrected chi connectivity index (χ1v) is 4.65. The first kappa shape index (κ1) is 6.44. The summed E-state index contributed by atoms with van der Waals surface area (Å²) in [5, 5.41) is 0. The lowest BCUT2D eigenvalue weighted by Crippen LogP contribution is -2.19. The van der Waals surface area contributed by atoms with E-state index in [-0.39, 0.29) is 0 Å². The molecule has 2 saturated heterocycles. The van der Waals surface area contributed by atoms with Crippen LogP contribution in [-0.2, 0) is 9.47 Å². The molecule has 5 unspecified atom stereocenters. The zero-order valence-electron chi connectivity index (χ0n) is 6.82. The zero-order valence-corrected chi connectivity index (χ0v) is 6.82. The van der Waals surface area contributed by atoms with E-state index >= 15 is 0 Å². The normalized spacial score (nSPS) is 60.3. The van der Waals surface area contributed by atoms with Gasteiger partial charge in [0.2, 0.25) is 0 Å². The van der Waals surface area contributed by atoms with E-state index in [1.807, 2.05) is 0 Å². The van der Waals surface area contributed by atoms with E-state index < -0.39 is 0 Å². The molecule has 11 heavy (non-hydrogen) atoms. The Morgan fingerprint density at radius 2 is 1.91 bits per heavy atom. The third-order valence-electron chi connectivity index (χ3n) is 3.27. The van der Waals surface area contributed by atoms with E-state index in [0.717, 1.165) is 5.92 Å². The van der Waals surface area contributed by atoms with Gasteiger partial charge in [0.1, 0.15) is 0 Å². The molecular formula is C9H14O2. The van der Waals surface area contributed by atoms with Crippen LogP contribution in [0.25, 0.3) is 0 Å². The van der Waals surface area contributed by atoms with E-state index in [0.29, 0.717) is 24.4 Å². The Bertz CT molecular complexity index is 180. The summed E-state index contributed by atoms with van der Waals surface area (Å²) in [6.45, 7) is 2.17. The van der Waals surface area contributed by atoms with Crippen LogP contribution in [0, 0.1) is 5.92 Å². The molecule has 0 bridgehead atoms. The highest BCUT2D eigenvalue weighted by atomic mass is 16.6. The van der Waals surface area contributed by atoms with E-state index in [4.69, 9.17) is 9.47 Å². The fourth-order valence-corrected chi connectivity index (χ4v) is 2.43. The van der Waals surface area contributed by atoms with Gasteiger partial charge in [-0.3, -0.25) is 0 Å². The molecule has 0 amide bonds. The van der Waals surface area contributed by atoms with Crippen molar-refractivity contribution in [2.45, 2.75) is 50.6 Å². The van der Waals surface area contributed by atoms with Crippen molar-refractivity contribution in [3.63, 3.8) is 0 Å². The smallest absolute Gasteiger partial charge is 0.0868 e. The molecule has 1 saturated carbocycles. The van der Waals surface area contributed by atoms with Gasteiger partial charge in [0.15, 0.2) is 0 Å². The van der Waals surface area contributed by atoms with Gasteiger partial charge in [0, 0.05) is 0 Å². The number of epoxide rings is 2. The van der Waals surface area contributed by atoms with Crippen molar-refractivity contribution < 1.29 is 9.47 Å². The highest BCUT2D eigenvalue weighted by Gasteiger charge is 2.50. The third kappa shape index (κ3) is 1.00. The van der Waals surface area contributed by atoms with Crippen molar-refractivity contribution >= 4 is 0 Å². The summed E-state index contributed by atoms with van der Waals surface area (Å²) < 4.78 is 10.9. The molecule has 1 aliphatic carbocycles. The van der Waals surface area contributed by atoms with E-state index in [9.17, 15) is 0 Å². The van der Waals surface area contributed by atoms with Crippen LogP contribution in [0.3, 0.4) is 0 Å². The Hall–Kier alpha value is -0.0800. The highest BCUT2D eigenvalue weighted by Crippen LogP contribution is 2.45. The number of rotatable bonds is 1. The molecule has 3 fully saturated rings. The van der Waals surface area contributed by atoms with Crippen LogP contribution in [0.15, 0.2) is 0 Å². The lowest BCUT2D eigenvalue weighted by Gasteiger charge is -2.15. The Balaban J connectivity index is 1.62. The lowest BCUT2D eigenvalue weighted by molar-refractivity contribution is 0.275. The minimum absolute atomic E-state index is 0.537. The van der Waals surface area contributed by atoms with Crippen molar-refractivity contribution in [2.75, 3.05) is 0 Å². The average Bonchev–Trinajstić information content (AvgIpc) is 2.81. The quantitative estimate of drug-likeness (QED) is 0.532. The van der Waals surface area contributed by atoms with Crippen LogP contribution in [-0.4, -0.2) is 24.4 Å². The van der Waals surface area contributed by atoms with Crippen LogP contribution in [0.1, 0.15) is 26.2 Å². The SMILES string of the molecule is CC1OC1C1CCC2OC2C1. The van der Waals surface area contributed by atoms with Gasteiger partial charge in [0.05, 0.1) is 24.4 Å². The maximum Gasteiger partial charge on any atom is 0.0868 e. The minimum atomic E-state index is 0.537. The van der Waals surface area contributed by atoms with Gasteiger partial charge in [-0.2, -0.15) is 0 Å². The largest absolute Gasteiger partial charge is 0.370 e. The molecule has 0 radical (unpaired) electrons. The van der Waals surface area contributed by atoms with E-state index in [1.165, 1.54) is 19.3 Å². The maximum absolute atomic E-state index is 5.47. The molecule has 0 spiro atoms. The topological polar surface area (TPSA) is 25.1 Å². The van der Waals surface area contributed by atoms with Gasteiger partial charge in [0.25, 0.3) is 0 Å². The van der Waals surface area contributed by atoms with Crippen molar-refractivity contribution in [2.24, 2.45) is 5.92 Å². The molecule has 0 aromatic carbocycles. The van der Waals surface area contributed by atoms with Gasteiger partial charge in [-0.05, 0) is 32.1 Å². The summed E-state index contributed by atoms with van der Waals surface area (Å²) in [6.07, 6.45) is 6.25. The van der Waals surface area contributed by atoms with Gasteiger partial charge < -0.3 is 9.47 Å². The predicted molar refractivity (Wildman–Crippen MR) is 40.3 cm³/mol. The van der Waals surface area contributed by atoms with Gasteiger partial charge in [-0.25, -0.2) is 0 Å². The van der Waals surface area contributed by atoms with Crippen LogP contribution >= 0.6 is 0 Å². The fourth-order valence-electron chi connectivity index (χ4n) is 2.43. The molecule has 2 aliphatic heterocycles. The molecule has 62 valence electrons. The molecule has 2 nitrogen and oxygen atoms in total. The van der Waals surface area contributed by atoms with Crippen molar-refractivity contribution in [3.8, 4) is 0 Å². The summed E-state index contributed by atoms with van der Waals surface area (Å²) in [6, 6.07) is 0. The summed E-state index contributed by atoms with van der Waals surface area (Å²) in [5.74, 6) is 0.814. The molecule has 0 aromatic heterocycles. The molecule has 3 rings (SSSR count). The second-order valence-electron chi connectivity index (χ2n) is 4.09. The molecule has 2 heterocycles. The first-order valence-electron chi connectivity index (χ1n) is 4.65. The highest BCUT2D eigenvalue weighted by molar-refractivity contribution is 4.98. The third-order valence-corrected chi connectivity index (χ3v) is 3.27.